The Balaban J connectivity index is 2.03. The molecule has 0 bridgehead atoms. The van der Waals surface area contributed by atoms with Crippen LogP contribution in [0.1, 0.15) is 12.5 Å². The molecule has 0 atom stereocenters. The molecule has 0 saturated heterocycles. The van der Waals surface area contributed by atoms with Gasteiger partial charge in [0.25, 0.3) is 5.91 Å². The normalized spacial score (nSPS) is 15.6. The maximum atomic E-state index is 12.1. The van der Waals surface area contributed by atoms with Gasteiger partial charge in [-0.15, -0.1) is 0 Å². The molecule has 0 saturated carbocycles. The van der Waals surface area contributed by atoms with Gasteiger partial charge >= 0.3 is 0 Å². The highest BCUT2D eigenvalue weighted by molar-refractivity contribution is 6.32. The van der Waals surface area contributed by atoms with E-state index in [4.69, 9.17) is 5.73 Å². The fourth-order valence-corrected chi connectivity index (χ4v) is 2.36. The van der Waals surface area contributed by atoms with Gasteiger partial charge in [-0.3, -0.25) is 4.79 Å². The Kier molecular flexibility index (Phi) is 2.91. The number of amides is 1. The third kappa shape index (κ3) is 2.12. The number of benzene rings is 2. The first kappa shape index (κ1) is 12.3. The number of allylic oxidation sites excluding steroid dienone is 1. The Morgan fingerprint density at radius 3 is 2.65 bits per heavy atom. The SMILES string of the molecule is CC(Nc1ccccc1)=C1C(=O)Nc2ccc(N)cc21. The van der Waals surface area contributed by atoms with Crippen molar-refractivity contribution in [3.05, 3.63) is 59.8 Å². The average molecular weight is 265 g/mol. The van der Waals surface area contributed by atoms with Crippen molar-refractivity contribution in [2.24, 2.45) is 0 Å². The number of fused-ring (bicyclic) bond motifs is 1. The second kappa shape index (κ2) is 4.74. The van der Waals surface area contributed by atoms with Gasteiger partial charge in [-0.05, 0) is 37.3 Å². The van der Waals surface area contributed by atoms with Crippen molar-refractivity contribution in [2.45, 2.75) is 6.92 Å². The lowest BCUT2D eigenvalue weighted by Gasteiger charge is -2.09. The van der Waals surface area contributed by atoms with Crippen LogP contribution in [0.2, 0.25) is 0 Å². The van der Waals surface area contributed by atoms with Crippen molar-refractivity contribution in [2.75, 3.05) is 16.4 Å². The van der Waals surface area contributed by atoms with Gasteiger partial charge in [0.05, 0.1) is 5.57 Å². The first-order valence-electron chi connectivity index (χ1n) is 6.39. The molecule has 2 aromatic carbocycles. The molecule has 0 fully saturated rings. The highest BCUT2D eigenvalue weighted by atomic mass is 16.2. The van der Waals surface area contributed by atoms with Crippen molar-refractivity contribution in [3.63, 3.8) is 0 Å². The zero-order chi connectivity index (χ0) is 14.1. The molecular weight excluding hydrogens is 250 g/mol. The topological polar surface area (TPSA) is 67.2 Å². The number of para-hydroxylation sites is 1. The fraction of sp³-hybridized carbons (Fsp3) is 0.0625. The summed E-state index contributed by atoms with van der Waals surface area (Å²) in [6, 6.07) is 15.2. The zero-order valence-corrected chi connectivity index (χ0v) is 11.1. The summed E-state index contributed by atoms with van der Waals surface area (Å²) in [6.45, 7) is 1.89. The lowest BCUT2D eigenvalue weighted by Crippen LogP contribution is -2.08. The van der Waals surface area contributed by atoms with Crippen LogP contribution in [-0.4, -0.2) is 5.91 Å². The predicted molar refractivity (Wildman–Crippen MR) is 82.1 cm³/mol. The lowest BCUT2D eigenvalue weighted by atomic mass is 10.0. The Bertz CT molecular complexity index is 705. The summed E-state index contributed by atoms with van der Waals surface area (Å²) in [6.07, 6.45) is 0. The number of hydrogen-bond acceptors (Lipinski definition) is 3. The van der Waals surface area contributed by atoms with Gasteiger partial charge in [0.15, 0.2) is 0 Å². The van der Waals surface area contributed by atoms with Crippen LogP contribution in [0.4, 0.5) is 17.1 Å². The molecule has 0 radical (unpaired) electrons. The first-order valence-corrected chi connectivity index (χ1v) is 6.39. The van der Waals surface area contributed by atoms with E-state index in [1.54, 1.807) is 6.07 Å². The van der Waals surface area contributed by atoms with E-state index in [2.05, 4.69) is 10.6 Å². The second-order valence-corrected chi connectivity index (χ2v) is 4.75. The summed E-state index contributed by atoms with van der Waals surface area (Å²) in [5, 5.41) is 6.10. The standard InChI is InChI=1S/C16H15N3O/c1-10(18-12-5-3-2-4-6-12)15-13-9-11(17)7-8-14(13)19-16(15)20/h2-9,18H,17H2,1H3,(H,19,20). The molecule has 4 nitrogen and oxygen atoms in total. The van der Waals surface area contributed by atoms with E-state index in [1.165, 1.54) is 0 Å². The maximum absolute atomic E-state index is 12.1. The summed E-state index contributed by atoms with van der Waals surface area (Å²) in [5.41, 5.74) is 10.5. The molecule has 0 aliphatic carbocycles. The Hall–Kier alpha value is -2.75. The molecule has 1 aliphatic rings. The van der Waals surface area contributed by atoms with Crippen molar-refractivity contribution in [3.8, 4) is 0 Å². The van der Waals surface area contributed by atoms with E-state index in [9.17, 15) is 4.79 Å². The molecule has 4 N–H and O–H groups in total. The van der Waals surface area contributed by atoms with Gasteiger partial charge in [-0.25, -0.2) is 0 Å². The molecule has 1 amide bonds. The highest BCUT2D eigenvalue weighted by Crippen LogP contribution is 2.35. The Morgan fingerprint density at radius 1 is 1.15 bits per heavy atom. The molecule has 1 heterocycles. The maximum Gasteiger partial charge on any atom is 0.258 e. The third-order valence-electron chi connectivity index (χ3n) is 3.27. The number of hydrogen-bond donors (Lipinski definition) is 3. The number of nitrogens with two attached hydrogens (primary N) is 1. The smallest absolute Gasteiger partial charge is 0.258 e. The average Bonchev–Trinajstić information content (AvgIpc) is 2.75. The quantitative estimate of drug-likeness (QED) is 0.577. The van der Waals surface area contributed by atoms with Crippen LogP contribution in [0.15, 0.2) is 54.2 Å². The summed E-state index contributed by atoms with van der Waals surface area (Å²) >= 11 is 0. The van der Waals surface area contributed by atoms with Crippen LogP contribution in [0, 0.1) is 0 Å². The van der Waals surface area contributed by atoms with Crippen LogP contribution < -0.4 is 16.4 Å². The molecule has 0 spiro atoms. The van der Waals surface area contributed by atoms with Gasteiger partial charge in [-0.1, -0.05) is 18.2 Å². The van der Waals surface area contributed by atoms with E-state index in [-0.39, 0.29) is 5.91 Å². The monoisotopic (exact) mass is 265 g/mol. The second-order valence-electron chi connectivity index (χ2n) is 4.75. The largest absolute Gasteiger partial charge is 0.399 e. The van der Waals surface area contributed by atoms with Gasteiger partial charge in [0.2, 0.25) is 0 Å². The zero-order valence-electron chi connectivity index (χ0n) is 11.1. The number of rotatable bonds is 2. The van der Waals surface area contributed by atoms with Crippen LogP contribution in [0.3, 0.4) is 0 Å². The van der Waals surface area contributed by atoms with Crippen molar-refractivity contribution < 1.29 is 4.79 Å². The molecule has 20 heavy (non-hydrogen) atoms. The van der Waals surface area contributed by atoms with Crippen LogP contribution >= 0.6 is 0 Å². The number of carbonyl (C=O) groups excluding carboxylic acids is 1. The van der Waals surface area contributed by atoms with E-state index >= 15 is 0 Å². The Labute approximate surface area is 117 Å². The number of nitrogens with one attached hydrogen (secondary N) is 2. The Morgan fingerprint density at radius 2 is 1.90 bits per heavy atom. The fourth-order valence-electron chi connectivity index (χ4n) is 2.36. The number of nitrogen functional groups attached to an aromatic ring is 1. The third-order valence-corrected chi connectivity index (χ3v) is 3.27. The predicted octanol–water partition coefficient (Wildman–Crippen LogP) is 3.06. The van der Waals surface area contributed by atoms with Gasteiger partial charge in [0.1, 0.15) is 0 Å². The van der Waals surface area contributed by atoms with E-state index in [1.807, 2.05) is 49.4 Å². The summed E-state index contributed by atoms with van der Waals surface area (Å²) in [5.74, 6) is -0.105. The minimum Gasteiger partial charge on any atom is -0.399 e. The van der Waals surface area contributed by atoms with Crippen LogP contribution in [0.5, 0.6) is 0 Å². The molecule has 1 aliphatic heterocycles. The van der Waals surface area contributed by atoms with E-state index < -0.39 is 0 Å². The number of carbonyl (C=O) groups is 1. The van der Waals surface area contributed by atoms with E-state index in [0.29, 0.717) is 11.3 Å². The van der Waals surface area contributed by atoms with Gasteiger partial charge < -0.3 is 16.4 Å². The van der Waals surface area contributed by atoms with Gasteiger partial charge in [0, 0.05) is 28.3 Å². The lowest BCUT2D eigenvalue weighted by molar-refractivity contribution is -0.110. The first-order chi connectivity index (χ1) is 9.65. The highest BCUT2D eigenvalue weighted by Gasteiger charge is 2.26. The molecule has 100 valence electrons. The molecule has 3 rings (SSSR count). The molecular formula is C16H15N3O. The molecule has 4 heteroatoms. The van der Waals surface area contributed by atoms with Crippen LogP contribution in [-0.2, 0) is 4.79 Å². The van der Waals surface area contributed by atoms with E-state index in [0.717, 1.165) is 22.6 Å². The minimum atomic E-state index is -0.105. The van der Waals surface area contributed by atoms with Crippen molar-refractivity contribution >= 4 is 28.5 Å². The van der Waals surface area contributed by atoms with Crippen molar-refractivity contribution in [1.29, 1.82) is 0 Å². The number of anilines is 3. The molecule has 0 aromatic heterocycles. The summed E-state index contributed by atoms with van der Waals surface area (Å²) in [4.78, 5) is 12.1. The minimum absolute atomic E-state index is 0.105. The molecule has 2 aromatic rings. The summed E-state index contributed by atoms with van der Waals surface area (Å²) in [7, 11) is 0. The van der Waals surface area contributed by atoms with Crippen LogP contribution in [0.25, 0.3) is 5.57 Å². The van der Waals surface area contributed by atoms with Crippen molar-refractivity contribution in [1.82, 2.24) is 0 Å². The molecule has 0 unspecified atom stereocenters. The summed E-state index contributed by atoms with van der Waals surface area (Å²) < 4.78 is 0. The van der Waals surface area contributed by atoms with Gasteiger partial charge in [-0.2, -0.15) is 0 Å².